The molecule has 0 bridgehead atoms. The molecule has 0 aliphatic carbocycles. The summed E-state index contributed by atoms with van der Waals surface area (Å²) in [6.45, 7) is -0.259. The summed E-state index contributed by atoms with van der Waals surface area (Å²) in [7, 11) is 0. The van der Waals surface area contributed by atoms with Crippen molar-refractivity contribution in [2.24, 2.45) is 0 Å². The molecule has 2 aromatic rings. The minimum atomic E-state index is -0.975. The molecule has 1 heterocycles. The Hall–Kier alpha value is -3.23. The SMILES string of the molecule is O=C(COC(=O)c1ccc([N+](=O)[O-])o1)NCCc1ccc(F)cc1. The van der Waals surface area contributed by atoms with Crippen molar-refractivity contribution in [2.45, 2.75) is 6.42 Å². The Morgan fingerprint density at radius 3 is 2.54 bits per heavy atom. The smallest absolute Gasteiger partial charge is 0.433 e. The van der Waals surface area contributed by atoms with E-state index >= 15 is 0 Å². The Morgan fingerprint density at radius 2 is 1.92 bits per heavy atom. The highest BCUT2D eigenvalue weighted by Crippen LogP contribution is 2.16. The molecule has 0 saturated heterocycles. The number of nitrogens with zero attached hydrogens (tertiary/aromatic N) is 1. The zero-order chi connectivity index (χ0) is 17.5. The number of rotatable bonds is 7. The first-order valence-corrected chi connectivity index (χ1v) is 6.88. The predicted octanol–water partition coefficient (Wildman–Crippen LogP) is 1.84. The number of furan rings is 1. The van der Waals surface area contributed by atoms with E-state index in [0.717, 1.165) is 17.7 Å². The first-order chi connectivity index (χ1) is 11.5. The van der Waals surface area contributed by atoms with Gasteiger partial charge < -0.3 is 14.5 Å². The number of nitrogens with one attached hydrogen (secondary N) is 1. The van der Waals surface area contributed by atoms with Gasteiger partial charge in [0, 0.05) is 6.54 Å². The van der Waals surface area contributed by atoms with E-state index in [-0.39, 0.29) is 18.1 Å². The van der Waals surface area contributed by atoms with Crippen LogP contribution in [0.15, 0.2) is 40.8 Å². The van der Waals surface area contributed by atoms with E-state index in [2.05, 4.69) is 14.5 Å². The third-order valence-corrected chi connectivity index (χ3v) is 2.96. The van der Waals surface area contributed by atoms with Crippen LogP contribution >= 0.6 is 0 Å². The van der Waals surface area contributed by atoms with Gasteiger partial charge in [0.1, 0.15) is 10.7 Å². The molecule has 0 fully saturated rings. The molecule has 24 heavy (non-hydrogen) atoms. The van der Waals surface area contributed by atoms with Crippen LogP contribution in [0.1, 0.15) is 16.1 Å². The highest BCUT2D eigenvalue weighted by Gasteiger charge is 2.19. The maximum Gasteiger partial charge on any atom is 0.433 e. The maximum absolute atomic E-state index is 12.7. The lowest BCUT2D eigenvalue weighted by molar-refractivity contribution is -0.402. The lowest BCUT2D eigenvalue weighted by Crippen LogP contribution is -2.30. The number of benzene rings is 1. The zero-order valence-corrected chi connectivity index (χ0v) is 12.4. The molecule has 0 radical (unpaired) electrons. The van der Waals surface area contributed by atoms with Crippen LogP contribution in [0.2, 0.25) is 0 Å². The minimum Gasteiger partial charge on any atom is -0.450 e. The van der Waals surface area contributed by atoms with Crippen molar-refractivity contribution in [3.8, 4) is 0 Å². The fourth-order valence-electron chi connectivity index (χ4n) is 1.79. The van der Waals surface area contributed by atoms with Crippen LogP contribution in [0.5, 0.6) is 0 Å². The molecule has 2 rings (SSSR count). The standard InChI is InChI=1S/C15H13FN2O6/c16-11-3-1-10(2-4-11)7-8-17-13(19)9-23-15(20)12-5-6-14(24-12)18(21)22/h1-6H,7-9H2,(H,17,19). The van der Waals surface area contributed by atoms with Crippen molar-refractivity contribution in [2.75, 3.05) is 13.2 Å². The molecule has 126 valence electrons. The van der Waals surface area contributed by atoms with E-state index in [1.54, 1.807) is 12.1 Å². The summed E-state index contributed by atoms with van der Waals surface area (Å²) in [6.07, 6.45) is 0.490. The number of carbonyl (C=O) groups is 2. The average molecular weight is 336 g/mol. The monoisotopic (exact) mass is 336 g/mol. The van der Waals surface area contributed by atoms with Gasteiger partial charge in [-0.3, -0.25) is 14.9 Å². The van der Waals surface area contributed by atoms with Gasteiger partial charge >= 0.3 is 11.9 Å². The molecule has 0 aliphatic rings. The second-order valence-corrected chi connectivity index (χ2v) is 4.70. The average Bonchev–Trinajstić information content (AvgIpc) is 3.05. The lowest BCUT2D eigenvalue weighted by Gasteiger charge is -2.06. The van der Waals surface area contributed by atoms with Crippen molar-refractivity contribution in [3.63, 3.8) is 0 Å². The highest BCUT2D eigenvalue weighted by atomic mass is 19.1. The number of ether oxygens (including phenoxy) is 1. The number of carbonyl (C=O) groups excluding carboxylic acids is 2. The number of hydrogen-bond acceptors (Lipinski definition) is 6. The molecule has 1 N–H and O–H groups in total. The molecule has 8 nitrogen and oxygen atoms in total. The van der Waals surface area contributed by atoms with Gasteiger partial charge in [0.2, 0.25) is 5.76 Å². The normalized spacial score (nSPS) is 10.2. The highest BCUT2D eigenvalue weighted by molar-refractivity contribution is 5.89. The summed E-state index contributed by atoms with van der Waals surface area (Å²) in [5, 5.41) is 13.0. The molecule has 9 heteroatoms. The van der Waals surface area contributed by atoms with E-state index in [1.165, 1.54) is 12.1 Å². The molecular weight excluding hydrogens is 323 g/mol. The number of hydrogen-bond donors (Lipinski definition) is 1. The Bertz CT molecular complexity index is 741. The predicted molar refractivity (Wildman–Crippen MR) is 78.8 cm³/mol. The lowest BCUT2D eigenvalue weighted by atomic mass is 10.1. The third-order valence-electron chi connectivity index (χ3n) is 2.96. The Balaban J connectivity index is 1.71. The van der Waals surface area contributed by atoms with Gasteiger partial charge in [0.05, 0.1) is 6.07 Å². The second kappa shape index (κ2) is 7.86. The maximum atomic E-state index is 12.7. The van der Waals surface area contributed by atoms with Gasteiger partial charge in [-0.05, 0) is 30.2 Å². The van der Waals surface area contributed by atoms with E-state index < -0.39 is 29.3 Å². The summed E-state index contributed by atoms with van der Waals surface area (Å²) in [5.74, 6) is -2.80. The summed E-state index contributed by atoms with van der Waals surface area (Å²) in [5.41, 5.74) is 0.844. The van der Waals surface area contributed by atoms with Crippen LogP contribution in [0.4, 0.5) is 10.3 Å². The van der Waals surface area contributed by atoms with Crippen LogP contribution in [0.3, 0.4) is 0 Å². The van der Waals surface area contributed by atoms with E-state index in [9.17, 15) is 24.1 Å². The minimum absolute atomic E-state index is 0.286. The van der Waals surface area contributed by atoms with Crippen molar-refractivity contribution in [3.05, 3.63) is 63.7 Å². The van der Waals surface area contributed by atoms with Crippen LogP contribution < -0.4 is 5.32 Å². The van der Waals surface area contributed by atoms with Gasteiger partial charge in [0.25, 0.3) is 5.91 Å². The molecule has 0 saturated carbocycles. The van der Waals surface area contributed by atoms with Crippen LogP contribution in [-0.2, 0) is 16.0 Å². The zero-order valence-electron chi connectivity index (χ0n) is 12.4. The van der Waals surface area contributed by atoms with Gasteiger partial charge in [-0.1, -0.05) is 12.1 Å². The van der Waals surface area contributed by atoms with Crippen LogP contribution in [0, 0.1) is 15.9 Å². The number of amides is 1. The topological polar surface area (TPSA) is 112 Å². The second-order valence-electron chi connectivity index (χ2n) is 4.70. The molecular formula is C15H13FN2O6. The Kier molecular flexibility index (Phi) is 5.61. The number of nitro groups is 1. The summed E-state index contributed by atoms with van der Waals surface area (Å²) >= 11 is 0. The molecule has 1 amide bonds. The van der Waals surface area contributed by atoms with Crippen molar-refractivity contribution in [1.29, 1.82) is 0 Å². The van der Waals surface area contributed by atoms with Crippen molar-refractivity contribution < 1.29 is 28.1 Å². The first-order valence-electron chi connectivity index (χ1n) is 6.88. The van der Waals surface area contributed by atoms with Gasteiger partial charge in [0.15, 0.2) is 6.61 Å². The largest absolute Gasteiger partial charge is 0.450 e. The summed E-state index contributed by atoms with van der Waals surface area (Å²) < 4.78 is 22.1. The van der Waals surface area contributed by atoms with Crippen molar-refractivity contribution in [1.82, 2.24) is 5.32 Å². The van der Waals surface area contributed by atoms with Crippen LogP contribution in [-0.4, -0.2) is 30.0 Å². The fourth-order valence-corrected chi connectivity index (χ4v) is 1.79. The molecule has 0 aliphatic heterocycles. The van der Waals surface area contributed by atoms with Crippen LogP contribution in [0.25, 0.3) is 0 Å². The number of esters is 1. The van der Waals surface area contributed by atoms with E-state index in [1.807, 2.05) is 0 Å². The van der Waals surface area contributed by atoms with E-state index in [0.29, 0.717) is 6.42 Å². The Morgan fingerprint density at radius 1 is 1.21 bits per heavy atom. The van der Waals surface area contributed by atoms with Gasteiger partial charge in [-0.15, -0.1) is 0 Å². The summed E-state index contributed by atoms with van der Waals surface area (Å²) in [6, 6.07) is 7.95. The molecule has 1 aromatic heterocycles. The fraction of sp³-hybridized carbons (Fsp3) is 0.200. The molecule has 1 aromatic carbocycles. The molecule has 0 spiro atoms. The first kappa shape index (κ1) is 17.1. The molecule has 0 unspecified atom stereocenters. The number of halogens is 1. The molecule has 0 atom stereocenters. The van der Waals surface area contributed by atoms with Crippen molar-refractivity contribution >= 4 is 17.8 Å². The Labute approximate surface area is 135 Å². The van der Waals surface area contributed by atoms with Gasteiger partial charge in [-0.25, -0.2) is 9.18 Å². The van der Waals surface area contributed by atoms with E-state index in [4.69, 9.17) is 0 Å². The quantitative estimate of drug-likeness (QED) is 0.469. The third kappa shape index (κ3) is 4.90. The summed E-state index contributed by atoms with van der Waals surface area (Å²) in [4.78, 5) is 32.7. The van der Waals surface area contributed by atoms with Gasteiger partial charge in [-0.2, -0.15) is 0 Å².